The fourth-order valence-corrected chi connectivity index (χ4v) is 1.43. The normalized spacial score (nSPS) is 24.5. The maximum atomic E-state index is 12.2. The van der Waals surface area contributed by atoms with Crippen molar-refractivity contribution in [1.29, 1.82) is 0 Å². The van der Waals surface area contributed by atoms with E-state index >= 15 is 0 Å². The van der Waals surface area contributed by atoms with Crippen LogP contribution in [0.25, 0.3) is 0 Å². The molecule has 0 aromatic carbocycles. The maximum Gasteiger partial charge on any atom is 0.251 e. The van der Waals surface area contributed by atoms with E-state index in [0.717, 1.165) is 0 Å². The van der Waals surface area contributed by atoms with Gasteiger partial charge in [0.1, 0.15) is 0 Å². The molecule has 0 aromatic rings. The molecule has 0 bridgehead atoms. The molecule has 1 rings (SSSR count). The molecule has 1 aliphatic rings. The standard InChI is InChI=1S/C6H9F4N.ClH/c7-4(8)1-5(11)2-6(9,10)3-5;/h4H,1-3,11H2;1H. The van der Waals surface area contributed by atoms with E-state index in [-0.39, 0.29) is 12.4 Å². The number of halogens is 5. The van der Waals surface area contributed by atoms with E-state index in [9.17, 15) is 17.6 Å². The summed E-state index contributed by atoms with van der Waals surface area (Å²) in [7, 11) is 0. The smallest absolute Gasteiger partial charge is 0.251 e. The van der Waals surface area contributed by atoms with E-state index in [1.807, 2.05) is 0 Å². The molecule has 0 radical (unpaired) electrons. The molecule has 0 atom stereocenters. The zero-order valence-corrected chi connectivity index (χ0v) is 7.01. The Labute approximate surface area is 73.7 Å². The Morgan fingerprint density at radius 2 is 1.67 bits per heavy atom. The molecule has 0 saturated heterocycles. The molecule has 1 aliphatic carbocycles. The highest BCUT2D eigenvalue weighted by Crippen LogP contribution is 2.46. The highest BCUT2D eigenvalue weighted by molar-refractivity contribution is 5.85. The molecule has 0 aromatic heterocycles. The first kappa shape index (κ1) is 12.0. The van der Waals surface area contributed by atoms with E-state index in [0.29, 0.717) is 0 Å². The molecule has 12 heavy (non-hydrogen) atoms. The lowest BCUT2D eigenvalue weighted by Gasteiger charge is -2.44. The molecule has 1 fully saturated rings. The molecule has 6 heteroatoms. The molecule has 0 unspecified atom stereocenters. The summed E-state index contributed by atoms with van der Waals surface area (Å²) in [5.74, 6) is -2.82. The van der Waals surface area contributed by atoms with Crippen LogP contribution in [0, 0.1) is 0 Å². The van der Waals surface area contributed by atoms with Crippen LogP contribution in [-0.4, -0.2) is 17.9 Å². The van der Waals surface area contributed by atoms with E-state index in [4.69, 9.17) is 5.73 Å². The summed E-state index contributed by atoms with van der Waals surface area (Å²) >= 11 is 0. The second kappa shape index (κ2) is 3.38. The monoisotopic (exact) mass is 207 g/mol. The minimum Gasteiger partial charge on any atom is -0.325 e. The zero-order valence-electron chi connectivity index (χ0n) is 6.20. The van der Waals surface area contributed by atoms with Crippen molar-refractivity contribution in [3.05, 3.63) is 0 Å². The third-order valence-electron chi connectivity index (χ3n) is 1.78. The highest BCUT2D eigenvalue weighted by Gasteiger charge is 2.55. The Hall–Kier alpha value is -0.0300. The minimum absolute atomic E-state index is 0. The second-order valence-electron chi connectivity index (χ2n) is 3.17. The largest absolute Gasteiger partial charge is 0.325 e. The first-order valence-electron chi connectivity index (χ1n) is 3.28. The number of rotatable bonds is 2. The average molecular weight is 208 g/mol. The lowest BCUT2D eigenvalue weighted by atomic mass is 9.72. The number of nitrogens with two attached hydrogens (primary N) is 1. The van der Waals surface area contributed by atoms with Crippen molar-refractivity contribution in [3.63, 3.8) is 0 Å². The second-order valence-corrected chi connectivity index (χ2v) is 3.17. The van der Waals surface area contributed by atoms with E-state index in [1.165, 1.54) is 0 Å². The van der Waals surface area contributed by atoms with Crippen LogP contribution < -0.4 is 5.73 Å². The van der Waals surface area contributed by atoms with Gasteiger partial charge in [0.15, 0.2) is 0 Å². The summed E-state index contributed by atoms with van der Waals surface area (Å²) in [6.07, 6.45) is -4.42. The van der Waals surface area contributed by atoms with Crippen LogP contribution in [0.3, 0.4) is 0 Å². The van der Waals surface area contributed by atoms with Gasteiger partial charge >= 0.3 is 0 Å². The number of alkyl halides is 4. The summed E-state index contributed by atoms with van der Waals surface area (Å²) in [4.78, 5) is 0. The molecule has 74 valence electrons. The van der Waals surface area contributed by atoms with Crippen LogP contribution in [-0.2, 0) is 0 Å². The zero-order chi connectivity index (χ0) is 8.70. The van der Waals surface area contributed by atoms with Crippen molar-refractivity contribution in [3.8, 4) is 0 Å². The lowest BCUT2D eigenvalue weighted by Crippen LogP contribution is -2.58. The Kier molecular flexibility index (Phi) is 3.37. The topological polar surface area (TPSA) is 26.0 Å². The molecule has 0 spiro atoms. The fourth-order valence-electron chi connectivity index (χ4n) is 1.43. The third kappa shape index (κ3) is 2.79. The minimum atomic E-state index is -2.82. The van der Waals surface area contributed by atoms with Gasteiger partial charge in [0.2, 0.25) is 6.43 Å². The average Bonchev–Trinajstić information content (AvgIpc) is 1.52. The molecule has 1 nitrogen and oxygen atoms in total. The van der Waals surface area contributed by atoms with Crippen molar-refractivity contribution < 1.29 is 17.6 Å². The Morgan fingerprint density at radius 1 is 1.25 bits per heavy atom. The predicted octanol–water partition coefficient (Wildman–Crippen LogP) is 2.19. The van der Waals surface area contributed by atoms with Gasteiger partial charge in [-0.1, -0.05) is 0 Å². The molecule has 0 aliphatic heterocycles. The summed E-state index contributed by atoms with van der Waals surface area (Å²) < 4.78 is 47.7. The molecule has 2 N–H and O–H groups in total. The Morgan fingerprint density at radius 3 is 1.92 bits per heavy atom. The first-order chi connectivity index (χ1) is 4.83. The summed E-state index contributed by atoms with van der Waals surface area (Å²) in [6.45, 7) is 0. The van der Waals surface area contributed by atoms with E-state index in [1.54, 1.807) is 0 Å². The van der Waals surface area contributed by atoms with Crippen LogP contribution in [0.15, 0.2) is 0 Å². The Bertz CT molecular complexity index is 148. The van der Waals surface area contributed by atoms with Gasteiger partial charge in [-0.25, -0.2) is 17.6 Å². The van der Waals surface area contributed by atoms with Crippen LogP contribution in [0.1, 0.15) is 19.3 Å². The van der Waals surface area contributed by atoms with Crippen molar-refractivity contribution >= 4 is 12.4 Å². The summed E-state index contributed by atoms with van der Waals surface area (Å²) in [5, 5.41) is 0. The maximum absolute atomic E-state index is 12.2. The summed E-state index contributed by atoms with van der Waals surface area (Å²) in [5.41, 5.74) is 3.90. The number of hydrogen-bond donors (Lipinski definition) is 1. The van der Waals surface area contributed by atoms with Crippen LogP contribution in [0.5, 0.6) is 0 Å². The van der Waals surface area contributed by atoms with Gasteiger partial charge in [-0.15, -0.1) is 12.4 Å². The van der Waals surface area contributed by atoms with Crippen LogP contribution in [0.4, 0.5) is 17.6 Å². The fraction of sp³-hybridized carbons (Fsp3) is 1.00. The van der Waals surface area contributed by atoms with Crippen molar-refractivity contribution in [2.24, 2.45) is 5.73 Å². The Balaban J connectivity index is 0.00000121. The van der Waals surface area contributed by atoms with E-state index < -0.39 is 37.1 Å². The summed E-state index contributed by atoms with van der Waals surface area (Å²) in [6, 6.07) is 0. The number of hydrogen-bond acceptors (Lipinski definition) is 1. The van der Waals surface area contributed by atoms with Gasteiger partial charge in [-0.2, -0.15) is 0 Å². The van der Waals surface area contributed by atoms with E-state index in [2.05, 4.69) is 0 Å². The molecule has 0 heterocycles. The van der Waals surface area contributed by atoms with Crippen molar-refractivity contribution in [2.75, 3.05) is 0 Å². The quantitative estimate of drug-likeness (QED) is 0.691. The first-order valence-corrected chi connectivity index (χ1v) is 3.28. The van der Waals surface area contributed by atoms with Gasteiger partial charge in [0, 0.05) is 24.8 Å². The van der Waals surface area contributed by atoms with Crippen LogP contribution in [0.2, 0.25) is 0 Å². The third-order valence-corrected chi connectivity index (χ3v) is 1.78. The van der Waals surface area contributed by atoms with Gasteiger partial charge in [0.25, 0.3) is 5.92 Å². The SMILES string of the molecule is Cl.NC1(CC(F)F)CC(F)(F)C1. The molecular weight excluding hydrogens is 198 g/mol. The van der Waals surface area contributed by atoms with Gasteiger partial charge in [-0.3, -0.25) is 0 Å². The predicted molar refractivity (Wildman–Crippen MR) is 39.0 cm³/mol. The molecule has 0 amide bonds. The van der Waals surface area contributed by atoms with Gasteiger partial charge in [0.05, 0.1) is 0 Å². The van der Waals surface area contributed by atoms with Crippen LogP contribution >= 0.6 is 12.4 Å². The van der Waals surface area contributed by atoms with Gasteiger partial charge in [-0.05, 0) is 0 Å². The molecular formula is C6H10ClF4N. The van der Waals surface area contributed by atoms with Crippen molar-refractivity contribution in [2.45, 2.75) is 37.1 Å². The lowest BCUT2D eigenvalue weighted by molar-refractivity contribution is -0.133. The van der Waals surface area contributed by atoms with Gasteiger partial charge < -0.3 is 5.73 Å². The molecule has 1 saturated carbocycles. The van der Waals surface area contributed by atoms with Crippen molar-refractivity contribution in [1.82, 2.24) is 0 Å². The highest BCUT2D eigenvalue weighted by atomic mass is 35.5.